The lowest BCUT2D eigenvalue weighted by Crippen LogP contribution is -2.34. The van der Waals surface area contributed by atoms with Crippen LogP contribution in [0.5, 0.6) is 17.2 Å². The van der Waals surface area contributed by atoms with Gasteiger partial charge in [0.15, 0.2) is 24.9 Å². The fraction of sp³-hybridized carbons (Fsp3) is 0.567. The summed E-state index contributed by atoms with van der Waals surface area (Å²) in [5.74, 6) is 0.671. The highest BCUT2D eigenvalue weighted by Crippen LogP contribution is 2.34. The molecule has 0 saturated carbocycles. The summed E-state index contributed by atoms with van der Waals surface area (Å²) >= 11 is 3.36. The summed E-state index contributed by atoms with van der Waals surface area (Å²) < 4.78 is 56.0. The average molecular weight is 750 g/mol. The van der Waals surface area contributed by atoms with E-state index < -0.39 is 38.2 Å². The van der Waals surface area contributed by atoms with Crippen molar-refractivity contribution in [2.24, 2.45) is 0 Å². The molecule has 15 heteroatoms. The van der Waals surface area contributed by atoms with Gasteiger partial charge in [0.1, 0.15) is 12.5 Å². The monoisotopic (exact) mass is 748 g/mol. The zero-order chi connectivity index (χ0) is 33.8. The summed E-state index contributed by atoms with van der Waals surface area (Å²) in [4.78, 5) is 12.5. The second kappa shape index (κ2) is 17.7. The van der Waals surface area contributed by atoms with Crippen molar-refractivity contribution in [3.8, 4) is 17.2 Å². The number of halogens is 1. The van der Waals surface area contributed by atoms with Crippen molar-refractivity contribution in [1.29, 1.82) is 0 Å². The van der Waals surface area contributed by atoms with E-state index in [0.29, 0.717) is 30.3 Å². The van der Waals surface area contributed by atoms with Gasteiger partial charge in [0.25, 0.3) is 5.91 Å². The normalized spacial score (nSPS) is 12.8. The van der Waals surface area contributed by atoms with E-state index in [1.165, 1.54) is 13.2 Å². The second-order valence-corrected chi connectivity index (χ2v) is 27.1. The number of aliphatic hydroxyl groups excluding tert-OH is 1. The van der Waals surface area contributed by atoms with Crippen molar-refractivity contribution in [3.63, 3.8) is 0 Å². The van der Waals surface area contributed by atoms with E-state index in [9.17, 15) is 18.3 Å². The van der Waals surface area contributed by atoms with E-state index in [1.807, 2.05) is 0 Å². The van der Waals surface area contributed by atoms with Crippen molar-refractivity contribution < 1.29 is 42.0 Å². The van der Waals surface area contributed by atoms with Gasteiger partial charge in [0, 0.05) is 40.4 Å². The quantitative estimate of drug-likeness (QED) is 0.103. The van der Waals surface area contributed by atoms with Gasteiger partial charge in [-0.25, -0.2) is 12.7 Å². The number of aliphatic hydroxyl groups is 1. The third kappa shape index (κ3) is 14.9. The maximum atomic E-state index is 12.9. The summed E-state index contributed by atoms with van der Waals surface area (Å²) in [6.07, 6.45) is -0.0569. The minimum absolute atomic E-state index is 0.0628. The standard InChI is InChI=1S/C30H49BrN2O9SSi2/c1-38-29-18-24(31)10-12-28(29)41-20-30(35)32-19-26(34)23-9-11-27(42-22-40-14-16-45(6,7)8)25(17-23)33(43(2,36)37)21-39-13-15-44(3,4)5/h9-12,17-18,26,34H,13-16,19-22H2,1-8H3,(H,32,35). The Morgan fingerprint density at radius 1 is 0.933 bits per heavy atom. The first-order valence-corrected chi connectivity index (χ1v) is 24.8. The molecule has 2 rings (SSSR count). The smallest absolute Gasteiger partial charge is 0.258 e. The highest BCUT2D eigenvalue weighted by molar-refractivity contribution is 9.10. The second-order valence-electron chi connectivity index (χ2n) is 13.1. The first-order chi connectivity index (χ1) is 20.9. The maximum absolute atomic E-state index is 12.9. The molecule has 0 aromatic heterocycles. The van der Waals surface area contributed by atoms with E-state index in [-0.39, 0.29) is 38.1 Å². The molecule has 2 aromatic carbocycles. The van der Waals surface area contributed by atoms with Gasteiger partial charge in [-0.2, -0.15) is 0 Å². The third-order valence-corrected chi connectivity index (χ3v) is 11.5. The van der Waals surface area contributed by atoms with Crippen molar-refractivity contribution in [1.82, 2.24) is 5.32 Å². The Labute approximate surface area is 278 Å². The SMILES string of the molecule is COc1cc(Br)ccc1OCC(=O)NCC(O)c1ccc(OCOCC[Si](C)(C)C)c(N(COCC[Si](C)(C)C)S(C)(=O)=O)c1. The topological polar surface area (TPSA) is 133 Å². The van der Waals surface area contributed by atoms with Gasteiger partial charge in [-0.05, 0) is 48.0 Å². The number of benzene rings is 2. The Morgan fingerprint density at radius 2 is 1.56 bits per heavy atom. The van der Waals surface area contributed by atoms with Crippen molar-refractivity contribution in [2.45, 2.75) is 57.5 Å². The van der Waals surface area contributed by atoms with Crippen LogP contribution in [0.2, 0.25) is 51.4 Å². The Bertz CT molecular complexity index is 1350. The van der Waals surface area contributed by atoms with Crippen LogP contribution in [-0.2, 0) is 24.3 Å². The summed E-state index contributed by atoms with van der Waals surface area (Å²) in [5.41, 5.74) is 0.580. The molecule has 254 valence electrons. The molecule has 0 spiro atoms. The van der Waals surface area contributed by atoms with Crippen LogP contribution in [0.4, 0.5) is 5.69 Å². The van der Waals surface area contributed by atoms with Crippen LogP contribution in [0.3, 0.4) is 0 Å². The number of rotatable bonds is 20. The van der Waals surface area contributed by atoms with Gasteiger partial charge in [0.05, 0.1) is 25.2 Å². The van der Waals surface area contributed by atoms with Crippen LogP contribution in [0.25, 0.3) is 0 Å². The predicted molar refractivity (Wildman–Crippen MR) is 186 cm³/mol. The van der Waals surface area contributed by atoms with E-state index in [0.717, 1.165) is 27.1 Å². The maximum Gasteiger partial charge on any atom is 0.258 e. The molecule has 1 atom stereocenters. The number of nitrogens with zero attached hydrogens (tertiary/aromatic N) is 1. The van der Waals surface area contributed by atoms with Crippen LogP contribution in [0, 0.1) is 0 Å². The highest BCUT2D eigenvalue weighted by Gasteiger charge is 2.24. The average Bonchev–Trinajstić information content (AvgIpc) is 2.93. The number of hydrogen-bond donors (Lipinski definition) is 2. The number of methoxy groups -OCH3 is 1. The van der Waals surface area contributed by atoms with Gasteiger partial charge in [-0.15, -0.1) is 0 Å². The highest BCUT2D eigenvalue weighted by atomic mass is 79.9. The first kappa shape index (κ1) is 39.0. The predicted octanol–water partition coefficient (Wildman–Crippen LogP) is 5.46. The molecule has 0 bridgehead atoms. The molecule has 0 aliphatic heterocycles. The largest absolute Gasteiger partial charge is 0.493 e. The van der Waals surface area contributed by atoms with Gasteiger partial charge >= 0.3 is 0 Å². The third-order valence-electron chi connectivity index (χ3n) is 6.51. The van der Waals surface area contributed by atoms with Crippen LogP contribution < -0.4 is 23.8 Å². The van der Waals surface area contributed by atoms with Crippen LogP contribution >= 0.6 is 15.9 Å². The van der Waals surface area contributed by atoms with Gasteiger partial charge < -0.3 is 34.1 Å². The number of carbonyl (C=O) groups excluding carboxylic acids is 1. The van der Waals surface area contributed by atoms with Gasteiger partial charge in [-0.1, -0.05) is 61.3 Å². The minimum atomic E-state index is -3.80. The molecule has 45 heavy (non-hydrogen) atoms. The molecule has 0 fully saturated rings. The molecule has 1 amide bonds. The van der Waals surface area contributed by atoms with Crippen LogP contribution in [0.15, 0.2) is 40.9 Å². The van der Waals surface area contributed by atoms with Crippen molar-refractivity contribution >= 4 is 53.7 Å². The van der Waals surface area contributed by atoms with E-state index in [1.54, 1.807) is 30.3 Å². The number of nitrogens with one attached hydrogen (secondary N) is 1. The lowest BCUT2D eigenvalue weighted by atomic mass is 10.1. The number of anilines is 1. The lowest BCUT2D eigenvalue weighted by Gasteiger charge is -2.26. The molecular formula is C30H49BrN2O9SSi2. The molecule has 0 radical (unpaired) electrons. The van der Waals surface area contributed by atoms with Gasteiger partial charge in [-0.3, -0.25) is 4.79 Å². The fourth-order valence-corrected chi connectivity index (χ4v) is 6.37. The number of hydrogen-bond acceptors (Lipinski definition) is 9. The molecule has 2 N–H and O–H groups in total. The molecule has 0 saturated heterocycles. The molecule has 0 aliphatic carbocycles. The molecule has 2 aromatic rings. The van der Waals surface area contributed by atoms with Gasteiger partial charge in [0.2, 0.25) is 10.0 Å². The molecule has 0 aliphatic rings. The number of sulfonamides is 1. The zero-order valence-electron chi connectivity index (χ0n) is 27.6. The zero-order valence-corrected chi connectivity index (χ0v) is 32.0. The number of amides is 1. The molecule has 0 heterocycles. The Hall–Kier alpha value is -2.15. The van der Waals surface area contributed by atoms with Crippen LogP contribution in [-0.4, -0.2) is 88.8 Å². The molecule has 11 nitrogen and oxygen atoms in total. The van der Waals surface area contributed by atoms with E-state index in [4.69, 9.17) is 23.7 Å². The fourth-order valence-electron chi connectivity index (χ4n) is 3.75. The van der Waals surface area contributed by atoms with Crippen molar-refractivity contribution in [3.05, 3.63) is 46.4 Å². The van der Waals surface area contributed by atoms with E-state index >= 15 is 0 Å². The lowest BCUT2D eigenvalue weighted by molar-refractivity contribution is -0.123. The van der Waals surface area contributed by atoms with Crippen molar-refractivity contribution in [2.75, 3.05) is 57.6 Å². The summed E-state index contributed by atoms with van der Waals surface area (Å²) in [7, 11) is -4.98. The number of ether oxygens (including phenoxy) is 5. The summed E-state index contributed by atoms with van der Waals surface area (Å²) in [6, 6.07) is 11.7. The first-order valence-electron chi connectivity index (χ1n) is 14.7. The molecule has 1 unspecified atom stereocenters. The Kier molecular flexibility index (Phi) is 15.3. The molecular weight excluding hydrogens is 700 g/mol. The summed E-state index contributed by atoms with van der Waals surface area (Å²) in [5, 5.41) is 13.6. The van der Waals surface area contributed by atoms with E-state index in [2.05, 4.69) is 60.5 Å². The Balaban J connectivity index is 2.18. The number of carbonyl (C=O) groups is 1. The minimum Gasteiger partial charge on any atom is -0.493 e. The summed E-state index contributed by atoms with van der Waals surface area (Å²) in [6.45, 7) is 13.6. The van der Waals surface area contributed by atoms with Crippen LogP contribution in [0.1, 0.15) is 11.7 Å². The Morgan fingerprint density at radius 3 is 2.16 bits per heavy atom.